The lowest BCUT2D eigenvalue weighted by molar-refractivity contribution is 0.120. The predicted octanol–water partition coefficient (Wildman–Crippen LogP) is 2.80. The molecule has 0 saturated carbocycles. The van der Waals surface area contributed by atoms with Crippen LogP contribution < -0.4 is 5.32 Å². The van der Waals surface area contributed by atoms with Gasteiger partial charge in [-0.1, -0.05) is 18.2 Å². The number of hydrogen-bond acceptors (Lipinski definition) is 5. The van der Waals surface area contributed by atoms with Crippen LogP contribution in [0.1, 0.15) is 18.5 Å². The van der Waals surface area contributed by atoms with Gasteiger partial charge in [-0.25, -0.2) is 0 Å². The molecule has 1 aromatic carbocycles. The van der Waals surface area contributed by atoms with Crippen LogP contribution in [0.4, 0.5) is 5.88 Å². The molecule has 0 radical (unpaired) electrons. The molecule has 1 aromatic heterocycles. The summed E-state index contributed by atoms with van der Waals surface area (Å²) >= 11 is 0. The van der Waals surface area contributed by atoms with Crippen LogP contribution >= 0.6 is 0 Å². The standard InChI is InChI=1S/C15H15N3O2/c16-9-13-15(17-10-12-7-4-8-19-12)20-14(18-13)11-5-2-1-3-6-11/h1-3,5-6,12,17H,4,7-8,10H2/t12-/m1/s1. The molecule has 1 aliphatic heterocycles. The van der Waals surface area contributed by atoms with Gasteiger partial charge in [0.25, 0.3) is 0 Å². The first-order valence-electron chi connectivity index (χ1n) is 6.68. The highest BCUT2D eigenvalue weighted by molar-refractivity contribution is 5.58. The fourth-order valence-electron chi connectivity index (χ4n) is 2.23. The monoisotopic (exact) mass is 269 g/mol. The van der Waals surface area contributed by atoms with Crippen molar-refractivity contribution in [1.29, 1.82) is 5.26 Å². The van der Waals surface area contributed by atoms with Gasteiger partial charge < -0.3 is 14.5 Å². The van der Waals surface area contributed by atoms with Crippen molar-refractivity contribution in [2.24, 2.45) is 0 Å². The molecule has 0 amide bonds. The van der Waals surface area contributed by atoms with Gasteiger partial charge in [0.15, 0.2) is 0 Å². The number of benzene rings is 1. The molecule has 1 N–H and O–H groups in total. The Morgan fingerprint density at radius 1 is 1.35 bits per heavy atom. The van der Waals surface area contributed by atoms with E-state index in [1.165, 1.54) is 0 Å². The van der Waals surface area contributed by atoms with Crippen LogP contribution in [0.25, 0.3) is 11.5 Å². The Hall–Kier alpha value is -2.32. The summed E-state index contributed by atoms with van der Waals surface area (Å²) in [6.45, 7) is 1.45. The highest BCUT2D eigenvalue weighted by atomic mass is 16.5. The van der Waals surface area contributed by atoms with E-state index in [-0.39, 0.29) is 11.8 Å². The molecule has 1 saturated heterocycles. The maximum Gasteiger partial charge on any atom is 0.232 e. The quantitative estimate of drug-likeness (QED) is 0.924. The first-order valence-corrected chi connectivity index (χ1v) is 6.68. The van der Waals surface area contributed by atoms with Crippen LogP contribution in [0.5, 0.6) is 0 Å². The van der Waals surface area contributed by atoms with Gasteiger partial charge in [0, 0.05) is 18.7 Å². The second kappa shape index (κ2) is 5.76. The molecule has 5 heteroatoms. The molecule has 5 nitrogen and oxygen atoms in total. The van der Waals surface area contributed by atoms with Gasteiger partial charge in [0.2, 0.25) is 17.5 Å². The molecule has 20 heavy (non-hydrogen) atoms. The molecule has 2 heterocycles. The largest absolute Gasteiger partial charge is 0.419 e. The fraction of sp³-hybridized carbons (Fsp3) is 0.333. The maximum atomic E-state index is 9.13. The number of nitriles is 1. The number of nitrogens with zero attached hydrogens (tertiary/aromatic N) is 2. The molecule has 102 valence electrons. The Balaban J connectivity index is 1.77. The summed E-state index contributed by atoms with van der Waals surface area (Å²) in [6.07, 6.45) is 2.31. The molecule has 3 rings (SSSR count). The van der Waals surface area contributed by atoms with Crippen molar-refractivity contribution in [2.75, 3.05) is 18.5 Å². The third-order valence-corrected chi connectivity index (χ3v) is 3.27. The maximum absolute atomic E-state index is 9.13. The minimum Gasteiger partial charge on any atom is -0.419 e. The van der Waals surface area contributed by atoms with Crippen molar-refractivity contribution in [3.63, 3.8) is 0 Å². The molecule has 1 fully saturated rings. The van der Waals surface area contributed by atoms with E-state index >= 15 is 0 Å². The lowest BCUT2D eigenvalue weighted by Gasteiger charge is -2.09. The van der Waals surface area contributed by atoms with Crippen molar-refractivity contribution < 1.29 is 9.15 Å². The second-order valence-electron chi connectivity index (χ2n) is 4.69. The van der Waals surface area contributed by atoms with Crippen LogP contribution in [0, 0.1) is 11.3 Å². The van der Waals surface area contributed by atoms with E-state index in [1.54, 1.807) is 0 Å². The zero-order valence-electron chi connectivity index (χ0n) is 11.0. The van der Waals surface area contributed by atoms with Crippen LogP contribution in [0.2, 0.25) is 0 Å². The summed E-state index contributed by atoms with van der Waals surface area (Å²) in [4.78, 5) is 4.21. The molecular weight excluding hydrogens is 254 g/mol. The zero-order chi connectivity index (χ0) is 13.8. The molecular formula is C15H15N3O2. The van der Waals surface area contributed by atoms with Gasteiger partial charge in [-0.05, 0) is 25.0 Å². The van der Waals surface area contributed by atoms with Crippen LogP contribution in [-0.4, -0.2) is 24.2 Å². The van der Waals surface area contributed by atoms with Gasteiger partial charge in [-0.2, -0.15) is 10.2 Å². The van der Waals surface area contributed by atoms with Gasteiger partial charge in [-0.15, -0.1) is 0 Å². The first kappa shape index (κ1) is 12.7. The van der Waals surface area contributed by atoms with E-state index in [0.29, 0.717) is 18.3 Å². The molecule has 1 aliphatic rings. The summed E-state index contributed by atoms with van der Waals surface area (Å²) in [5.41, 5.74) is 1.14. The van der Waals surface area contributed by atoms with Crippen molar-refractivity contribution in [2.45, 2.75) is 18.9 Å². The van der Waals surface area contributed by atoms with E-state index in [1.807, 2.05) is 30.3 Å². The number of anilines is 1. The van der Waals surface area contributed by atoms with Crippen LogP contribution in [-0.2, 0) is 4.74 Å². The van der Waals surface area contributed by atoms with Crippen molar-refractivity contribution in [3.8, 4) is 17.5 Å². The third kappa shape index (κ3) is 2.65. The zero-order valence-corrected chi connectivity index (χ0v) is 11.0. The predicted molar refractivity (Wildman–Crippen MR) is 74.1 cm³/mol. The fourth-order valence-corrected chi connectivity index (χ4v) is 2.23. The average molecular weight is 269 g/mol. The number of rotatable bonds is 4. The number of hydrogen-bond donors (Lipinski definition) is 1. The number of nitrogens with one attached hydrogen (secondary N) is 1. The minimum absolute atomic E-state index is 0.187. The van der Waals surface area contributed by atoms with E-state index in [2.05, 4.69) is 16.4 Å². The Morgan fingerprint density at radius 3 is 2.90 bits per heavy atom. The van der Waals surface area contributed by atoms with Crippen molar-refractivity contribution >= 4 is 5.88 Å². The van der Waals surface area contributed by atoms with E-state index in [0.717, 1.165) is 25.0 Å². The minimum atomic E-state index is 0.187. The SMILES string of the molecule is N#Cc1nc(-c2ccccc2)oc1NC[C@H]1CCCO1. The Labute approximate surface area is 117 Å². The third-order valence-electron chi connectivity index (χ3n) is 3.27. The van der Waals surface area contributed by atoms with Crippen LogP contribution in [0.3, 0.4) is 0 Å². The van der Waals surface area contributed by atoms with Crippen molar-refractivity contribution in [3.05, 3.63) is 36.0 Å². The molecule has 1 atom stereocenters. The normalized spacial score (nSPS) is 17.9. The van der Waals surface area contributed by atoms with Gasteiger partial charge in [0.1, 0.15) is 6.07 Å². The first-order chi connectivity index (χ1) is 9.86. The average Bonchev–Trinajstić information content (AvgIpc) is 3.15. The highest BCUT2D eigenvalue weighted by Gasteiger charge is 2.18. The summed E-state index contributed by atoms with van der Waals surface area (Å²) in [7, 11) is 0. The lowest BCUT2D eigenvalue weighted by Crippen LogP contribution is -2.18. The smallest absolute Gasteiger partial charge is 0.232 e. The summed E-state index contributed by atoms with van der Waals surface area (Å²) in [5, 5.41) is 12.2. The lowest BCUT2D eigenvalue weighted by atomic mass is 10.2. The second-order valence-corrected chi connectivity index (χ2v) is 4.69. The molecule has 0 bridgehead atoms. The highest BCUT2D eigenvalue weighted by Crippen LogP contribution is 2.25. The number of ether oxygens (including phenoxy) is 1. The Morgan fingerprint density at radius 2 is 2.20 bits per heavy atom. The van der Waals surface area contributed by atoms with E-state index in [4.69, 9.17) is 14.4 Å². The van der Waals surface area contributed by atoms with Gasteiger partial charge in [-0.3, -0.25) is 0 Å². The summed E-state index contributed by atoms with van der Waals surface area (Å²) < 4.78 is 11.2. The summed E-state index contributed by atoms with van der Waals surface area (Å²) in [6, 6.07) is 11.6. The molecule has 2 aromatic rings. The van der Waals surface area contributed by atoms with E-state index < -0.39 is 0 Å². The van der Waals surface area contributed by atoms with Crippen LogP contribution in [0.15, 0.2) is 34.7 Å². The van der Waals surface area contributed by atoms with Crippen molar-refractivity contribution in [1.82, 2.24) is 4.98 Å². The number of oxazole rings is 1. The Kier molecular flexibility index (Phi) is 3.66. The van der Waals surface area contributed by atoms with E-state index in [9.17, 15) is 0 Å². The molecule has 0 aliphatic carbocycles. The van der Waals surface area contributed by atoms with Gasteiger partial charge in [0.05, 0.1) is 6.10 Å². The molecule has 0 spiro atoms. The Bertz CT molecular complexity index is 610. The number of aromatic nitrogens is 1. The van der Waals surface area contributed by atoms with Gasteiger partial charge >= 0.3 is 0 Å². The topological polar surface area (TPSA) is 71.1 Å². The summed E-state index contributed by atoms with van der Waals surface area (Å²) in [5.74, 6) is 0.874. The molecule has 0 unspecified atom stereocenters.